The minimum atomic E-state index is -0.174. The molecule has 2 aromatic heterocycles. The van der Waals surface area contributed by atoms with E-state index in [1.165, 1.54) is 0 Å². The highest BCUT2D eigenvalue weighted by molar-refractivity contribution is 6.05. The van der Waals surface area contributed by atoms with E-state index in [-0.39, 0.29) is 11.3 Å². The minimum absolute atomic E-state index is 0.0766. The fourth-order valence-corrected chi connectivity index (χ4v) is 3.15. The van der Waals surface area contributed by atoms with Gasteiger partial charge in [-0.2, -0.15) is 0 Å². The van der Waals surface area contributed by atoms with E-state index in [1.807, 2.05) is 19.3 Å². The molecule has 0 aliphatic carbocycles. The lowest BCUT2D eigenvalue weighted by Crippen LogP contribution is -2.26. The Kier molecular flexibility index (Phi) is 5.21. The molecule has 1 aromatic carbocycles. The van der Waals surface area contributed by atoms with Gasteiger partial charge in [-0.3, -0.25) is 9.59 Å². The summed E-state index contributed by atoms with van der Waals surface area (Å²) in [5.74, 6) is 1.25. The first kappa shape index (κ1) is 17.9. The molecule has 0 saturated heterocycles. The lowest BCUT2D eigenvalue weighted by atomic mass is 10.1. The van der Waals surface area contributed by atoms with Crippen molar-refractivity contribution in [2.45, 2.75) is 39.7 Å². The number of carbonyl (C=O) groups excluding carboxylic acids is 1. The predicted molar refractivity (Wildman–Crippen MR) is 103 cm³/mol. The summed E-state index contributed by atoms with van der Waals surface area (Å²) in [7, 11) is 0. The summed E-state index contributed by atoms with van der Waals surface area (Å²) in [6.45, 7) is 7.40. The number of pyridine rings is 1. The zero-order valence-corrected chi connectivity index (χ0v) is 15.4. The molecule has 6 heteroatoms. The van der Waals surface area contributed by atoms with Crippen LogP contribution >= 0.6 is 0 Å². The van der Waals surface area contributed by atoms with Crippen molar-refractivity contribution in [2.24, 2.45) is 0 Å². The number of imidazole rings is 1. The van der Waals surface area contributed by atoms with Gasteiger partial charge in [-0.15, -0.1) is 0 Å². The van der Waals surface area contributed by atoms with Crippen molar-refractivity contribution in [1.29, 1.82) is 0 Å². The molecule has 0 radical (unpaired) electrons. The number of rotatable bonds is 6. The second-order valence-corrected chi connectivity index (χ2v) is 6.79. The lowest BCUT2D eigenvalue weighted by molar-refractivity contribution is 0.0954. The third kappa shape index (κ3) is 3.69. The minimum Gasteiger partial charge on any atom is -0.358 e. The Hall–Kier alpha value is -2.89. The maximum Gasteiger partial charge on any atom is 0.253 e. The van der Waals surface area contributed by atoms with Crippen LogP contribution in [0.2, 0.25) is 0 Å². The summed E-state index contributed by atoms with van der Waals surface area (Å²) in [5.41, 5.74) is 1.75. The van der Waals surface area contributed by atoms with E-state index in [0.717, 1.165) is 24.5 Å². The van der Waals surface area contributed by atoms with Gasteiger partial charge >= 0.3 is 0 Å². The second-order valence-electron chi connectivity index (χ2n) is 6.79. The van der Waals surface area contributed by atoms with Crippen LogP contribution in [0.3, 0.4) is 0 Å². The fraction of sp³-hybridized carbons (Fsp3) is 0.350. The van der Waals surface area contributed by atoms with Crippen molar-refractivity contribution in [3.8, 4) is 0 Å². The molecule has 2 N–H and O–H groups in total. The van der Waals surface area contributed by atoms with Crippen LogP contribution in [0.1, 0.15) is 48.1 Å². The van der Waals surface area contributed by atoms with E-state index in [2.05, 4.69) is 33.7 Å². The number of hydrogen-bond donors (Lipinski definition) is 2. The van der Waals surface area contributed by atoms with Crippen molar-refractivity contribution in [2.75, 3.05) is 6.54 Å². The van der Waals surface area contributed by atoms with E-state index in [0.29, 0.717) is 28.9 Å². The number of aromatic amines is 1. The number of benzene rings is 1. The number of amides is 1. The topological polar surface area (TPSA) is 79.8 Å². The molecular weight excluding hydrogens is 328 g/mol. The molecule has 0 unspecified atom stereocenters. The Morgan fingerprint density at radius 1 is 1.35 bits per heavy atom. The van der Waals surface area contributed by atoms with Crippen molar-refractivity contribution < 1.29 is 4.79 Å². The van der Waals surface area contributed by atoms with Gasteiger partial charge < -0.3 is 14.9 Å². The summed E-state index contributed by atoms with van der Waals surface area (Å²) in [6.07, 6.45) is 4.58. The molecule has 0 saturated carbocycles. The number of H-pyrrole nitrogens is 1. The number of aryl methyl sites for hydroxylation is 2. The van der Waals surface area contributed by atoms with Crippen LogP contribution in [0.5, 0.6) is 0 Å². The van der Waals surface area contributed by atoms with Crippen LogP contribution in [0, 0.1) is 6.92 Å². The normalized spacial score (nSPS) is 11.2. The molecular formula is C20H24N4O2. The Balaban J connectivity index is 1.67. The van der Waals surface area contributed by atoms with E-state index in [4.69, 9.17) is 0 Å². The third-order valence-electron chi connectivity index (χ3n) is 4.37. The van der Waals surface area contributed by atoms with Gasteiger partial charge in [-0.25, -0.2) is 4.98 Å². The second kappa shape index (κ2) is 7.56. The number of nitrogens with zero attached hydrogens (tertiary/aromatic N) is 2. The molecule has 136 valence electrons. The summed E-state index contributed by atoms with van der Waals surface area (Å²) in [6, 6.07) is 6.75. The molecule has 0 fully saturated rings. The first-order valence-electron chi connectivity index (χ1n) is 8.89. The number of nitrogens with one attached hydrogen (secondary N) is 2. The van der Waals surface area contributed by atoms with Crippen LogP contribution in [0.25, 0.3) is 10.9 Å². The number of aromatic nitrogens is 3. The standard InChI is InChI=1S/C20H24N4O2/c1-13(2)19-21-9-11-24(19)10-5-8-22-20(26)16-7-4-6-15-17(25)12-14(3)23-18(15)16/h4,6-7,9,11-13H,5,8,10H2,1-3H3,(H,22,26)(H,23,25). The van der Waals surface area contributed by atoms with Crippen molar-refractivity contribution in [3.63, 3.8) is 0 Å². The van der Waals surface area contributed by atoms with E-state index >= 15 is 0 Å². The monoisotopic (exact) mass is 352 g/mol. The highest BCUT2D eigenvalue weighted by Crippen LogP contribution is 2.14. The Morgan fingerprint density at radius 3 is 2.92 bits per heavy atom. The average Bonchev–Trinajstić information content (AvgIpc) is 3.06. The van der Waals surface area contributed by atoms with E-state index in [9.17, 15) is 9.59 Å². The molecule has 0 aliphatic rings. The Morgan fingerprint density at radius 2 is 2.15 bits per heavy atom. The quantitative estimate of drug-likeness (QED) is 0.669. The Labute approximate surface area is 152 Å². The van der Waals surface area contributed by atoms with Crippen LogP contribution in [0.4, 0.5) is 0 Å². The first-order chi connectivity index (χ1) is 12.5. The fourth-order valence-electron chi connectivity index (χ4n) is 3.15. The van der Waals surface area contributed by atoms with Gasteiger partial charge in [0, 0.05) is 48.5 Å². The largest absolute Gasteiger partial charge is 0.358 e. The summed E-state index contributed by atoms with van der Waals surface area (Å²) in [4.78, 5) is 32.2. The average molecular weight is 352 g/mol. The molecule has 0 atom stereocenters. The molecule has 3 rings (SSSR count). The first-order valence-corrected chi connectivity index (χ1v) is 8.89. The summed E-state index contributed by atoms with van der Waals surface area (Å²) in [5, 5.41) is 3.48. The summed E-state index contributed by atoms with van der Waals surface area (Å²) < 4.78 is 2.12. The number of carbonyl (C=O) groups is 1. The van der Waals surface area contributed by atoms with E-state index in [1.54, 1.807) is 24.3 Å². The zero-order valence-electron chi connectivity index (χ0n) is 15.4. The molecule has 6 nitrogen and oxygen atoms in total. The maximum atomic E-state index is 12.6. The molecule has 0 bridgehead atoms. The number of para-hydroxylation sites is 1. The van der Waals surface area contributed by atoms with Crippen LogP contribution in [-0.4, -0.2) is 27.0 Å². The van der Waals surface area contributed by atoms with Gasteiger partial charge in [0.2, 0.25) is 0 Å². The molecule has 0 spiro atoms. The van der Waals surface area contributed by atoms with Crippen LogP contribution in [-0.2, 0) is 6.54 Å². The molecule has 0 aliphatic heterocycles. The number of hydrogen-bond acceptors (Lipinski definition) is 3. The molecule has 1 amide bonds. The van der Waals surface area contributed by atoms with Gasteiger partial charge in [0.1, 0.15) is 5.82 Å². The SMILES string of the molecule is Cc1cc(=O)c2cccc(C(=O)NCCCn3ccnc3C(C)C)c2[nH]1. The van der Waals surface area contributed by atoms with Crippen molar-refractivity contribution in [3.05, 3.63) is 64.0 Å². The highest BCUT2D eigenvalue weighted by Gasteiger charge is 2.12. The third-order valence-corrected chi connectivity index (χ3v) is 4.37. The van der Waals surface area contributed by atoms with Gasteiger partial charge in [0.05, 0.1) is 11.1 Å². The smallest absolute Gasteiger partial charge is 0.253 e. The number of fused-ring (bicyclic) bond motifs is 1. The highest BCUT2D eigenvalue weighted by atomic mass is 16.1. The Bertz CT molecular complexity index is 985. The van der Waals surface area contributed by atoms with Crippen molar-refractivity contribution >= 4 is 16.8 Å². The van der Waals surface area contributed by atoms with Crippen molar-refractivity contribution in [1.82, 2.24) is 19.9 Å². The zero-order chi connectivity index (χ0) is 18.7. The molecule has 2 heterocycles. The van der Waals surface area contributed by atoms with Gasteiger partial charge in [0.15, 0.2) is 5.43 Å². The predicted octanol–water partition coefficient (Wildman–Crippen LogP) is 2.98. The van der Waals surface area contributed by atoms with Crippen LogP contribution in [0.15, 0.2) is 41.5 Å². The van der Waals surface area contributed by atoms with Gasteiger partial charge in [0.25, 0.3) is 5.91 Å². The van der Waals surface area contributed by atoms with Gasteiger partial charge in [-0.05, 0) is 25.5 Å². The molecule has 26 heavy (non-hydrogen) atoms. The van der Waals surface area contributed by atoms with E-state index < -0.39 is 0 Å². The summed E-state index contributed by atoms with van der Waals surface area (Å²) >= 11 is 0. The lowest BCUT2D eigenvalue weighted by Gasteiger charge is -2.11. The maximum absolute atomic E-state index is 12.6. The van der Waals surface area contributed by atoms with Gasteiger partial charge in [-0.1, -0.05) is 19.9 Å². The molecule has 3 aromatic rings. The van der Waals surface area contributed by atoms with Crippen LogP contribution < -0.4 is 10.7 Å².